The van der Waals surface area contributed by atoms with Gasteiger partial charge in [-0.3, -0.25) is 0 Å². The van der Waals surface area contributed by atoms with Crippen LogP contribution in [0.3, 0.4) is 0 Å². The molecule has 1 fully saturated rings. The highest BCUT2D eigenvalue weighted by atomic mass is 16.5. The highest BCUT2D eigenvalue weighted by Gasteiger charge is 2.33. The minimum atomic E-state index is -0.474. The van der Waals surface area contributed by atoms with Crippen molar-refractivity contribution in [1.82, 2.24) is 10.6 Å². The average Bonchev–Trinajstić information content (AvgIpc) is 3.07. The first-order valence-electron chi connectivity index (χ1n) is 8.66. The van der Waals surface area contributed by atoms with Crippen LogP contribution in [0.1, 0.15) is 56.7 Å². The fraction of sp³-hybridized carbons (Fsp3) is 0.474. The SMILES string of the molecule is CCc1ccc(C2NC(=O)NC(C)=C2C(=O)OC2CCCC2)cc1. The van der Waals surface area contributed by atoms with Gasteiger partial charge in [-0.25, -0.2) is 9.59 Å². The van der Waals surface area contributed by atoms with E-state index in [4.69, 9.17) is 4.74 Å². The molecule has 24 heavy (non-hydrogen) atoms. The van der Waals surface area contributed by atoms with Crippen LogP contribution in [0.2, 0.25) is 0 Å². The molecule has 2 aliphatic rings. The number of benzene rings is 1. The molecule has 3 rings (SSSR count). The summed E-state index contributed by atoms with van der Waals surface area (Å²) in [4.78, 5) is 24.6. The molecule has 5 nitrogen and oxygen atoms in total. The molecule has 0 spiro atoms. The lowest BCUT2D eigenvalue weighted by Gasteiger charge is -2.29. The van der Waals surface area contributed by atoms with Gasteiger partial charge in [0, 0.05) is 5.70 Å². The molecule has 1 aromatic carbocycles. The minimum absolute atomic E-state index is 0.00135. The predicted molar refractivity (Wildman–Crippen MR) is 91.3 cm³/mol. The van der Waals surface area contributed by atoms with Crippen molar-refractivity contribution in [2.24, 2.45) is 0 Å². The minimum Gasteiger partial charge on any atom is -0.459 e. The van der Waals surface area contributed by atoms with E-state index in [-0.39, 0.29) is 18.1 Å². The molecule has 0 aromatic heterocycles. The summed E-state index contributed by atoms with van der Waals surface area (Å²) in [6.07, 6.45) is 5.00. The lowest BCUT2D eigenvalue weighted by molar-refractivity contribution is -0.144. The van der Waals surface area contributed by atoms with Crippen molar-refractivity contribution in [3.63, 3.8) is 0 Å². The molecular weight excluding hydrogens is 304 g/mol. The summed E-state index contributed by atoms with van der Waals surface area (Å²) in [6, 6.07) is 7.21. The van der Waals surface area contributed by atoms with Gasteiger partial charge in [0.2, 0.25) is 0 Å². The number of ether oxygens (including phenoxy) is 1. The molecular formula is C19H24N2O3. The molecule has 0 radical (unpaired) electrons. The van der Waals surface area contributed by atoms with Crippen LogP contribution in [0.25, 0.3) is 0 Å². The number of urea groups is 1. The Labute approximate surface area is 142 Å². The van der Waals surface area contributed by atoms with Crippen molar-refractivity contribution in [3.05, 3.63) is 46.7 Å². The molecule has 1 unspecified atom stereocenters. The molecule has 5 heteroatoms. The third-order valence-corrected chi connectivity index (χ3v) is 4.79. The molecule has 2 N–H and O–H groups in total. The fourth-order valence-electron chi connectivity index (χ4n) is 3.38. The highest BCUT2D eigenvalue weighted by Crippen LogP contribution is 2.30. The number of amides is 2. The van der Waals surface area contributed by atoms with Gasteiger partial charge < -0.3 is 15.4 Å². The van der Waals surface area contributed by atoms with Gasteiger partial charge in [0.05, 0.1) is 11.6 Å². The Balaban J connectivity index is 1.87. The number of esters is 1. The second-order valence-electron chi connectivity index (χ2n) is 6.48. The molecule has 2 amide bonds. The van der Waals surface area contributed by atoms with Crippen LogP contribution in [-0.4, -0.2) is 18.1 Å². The molecule has 1 atom stereocenters. The summed E-state index contributed by atoms with van der Waals surface area (Å²) in [5.74, 6) is -0.337. The third-order valence-electron chi connectivity index (χ3n) is 4.79. The maximum atomic E-state index is 12.7. The Kier molecular flexibility index (Phi) is 4.88. The zero-order chi connectivity index (χ0) is 17.1. The molecule has 1 aliphatic heterocycles. The van der Waals surface area contributed by atoms with Gasteiger partial charge in [0.25, 0.3) is 0 Å². The standard InChI is InChI=1S/C19H24N2O3/c1-3-13-8-10-14(11-9-13)17-16(12(2)20-19(23)21-17)18(22)24-15-6-4-5-7-15/h8-11,15,17H,3-7H2,1-2H3,(H2,20,21,23). The number of carbonyl (C=O) groups excluding carboxylic acids is 2. The number of hydrogen-bond acceptors (Lipinski definition) is 3. The van der Waals surface area contributed by atoms with Gasteiger partial charge >= 0.3 is 12.0 Å². The summed E-state index contributed by atoms with van der Waals surface area (Å²) < 4.78 is 5.66. The maximum absolute atomic E-state index is 12.7. The van der Waals surface area contributed by atoms with E-state index < -0.39 is 6.04 Å². The summed E-state index contributed by atoms with van der Waals surface area (Å²) in [6.45, 7) is 3.84. The lowest BCUT2D eigenvalue weighted by Crippen LogP contribution is -2.45. The Bertz CT molecular complexity index is 658. The summed E-state index contributed by atoms with van der Waals surface area (Å²) >= 11 is 0. The molecule has 1 aromatic rings. The predicted octanol–water partition coefficient (Wildman–Crippen LogP) is 3.36. The van der Waals surface area contributed by atoms with Gasteiger partial charge in [0.1, 0.15) is 6.10 Å². The van der Waals surface area contributed by atoms with E-state index in [1.54, 1.807) is 6.92 Å². The summed E-state index contributed by atoms with van der Waals surface area (Å²) in [5, 5.41) is 5.53. The van der Waals surface area contributed by atoms with E-state index in [1.165, 1.54) is 5.56 Å². The Morgan fingerprint density at radius 3 is 2.50 bits per heavy atom. The van der Waals surface area contributed by atoms with Crippen LogP contribution in [0.4, 0.5) is 4.79 Å². The monoisotopic (exact) mass is 328 g/mol. The number of rotatable bonds is 4. The van der Waals surface area contributed by atoms with Crippen molar-refractivity contribution < 1.29 is 14.3 Å². The quantitative estimate of drug-likeness (QED) is 0.833. The Morgan fingerprint density at radius 1 is 1.21 bits per heavy atom. The Hall–Kier alpha value is -2.30. The molecule has 0 saturated heterocycles. The van der Waals surface area contributed by atoms with Gasteiger partial charge in [-0.05, 0) is 50.2 Å². The molecule has 1 heterocycles. The second-order valence-corrected chi connectivity index (χ2v) is 6.48. The number of aryl methyl sites for hydroxylation is 1. The van der Waals surface area contributed by atoms with Crippen LogP contribution in [0.5, 0.6) is 0 Å². The van der Waals surface area contributed by atoms with E-state index >= 15 is 0 Å². The van der Waals surface area contributed by atoms with Crippen molar-refractivity contribution in [1.29, 1.82) is 0 Å². The maximum Gasteiger partial charge on any atom is 0.338 e. The zero-order valence-corrected chi connectivity index (χ0v) is 14.2. The van der Waals surface area contributed by atoms with Crippen LogP contribution < -0.4 is 10.6 Å². The van der Waals surface area contributed by atoms with E-state index in [2.05, 4.69) is 17.6 Å². The zero-order valence-electron chi connectivity index (χ0n) is 14.2. The first kappa shape index (κ1) is 16.6. The summed E-state index contributed by atoms with van der Waals surface area (Å²) in [5.41, 5.74) is 3.16. The van der Waals surface area contributed by atoms with Crippen LogP contribution in [-0.2, 0) is 16.0 Å². The number of hydrogen-bond donors (Lipinski definition) is 2. The van der Waals surface area contributed by atoms with Crippen molar-refractivity contribution in [2.75, 3.05) is 0 Å². The molecule has 1 saturated carbocycles. The van der Waals surface area contributed by atoms with E-state index in [0.717, 1.165) is 37.7 Å². The number of nitrogens with one attached hydrogen (secondary N) is 2. The molecule has 0 bridgehead atoms. The van der Waals surface area contributed by atoms with Crippen molar-refractivity contribution in [2.45, 2.75) is 58.1 Å². The largest absolute Gasteiger partial charge is 0.459 e. The van der Waals surface area contributed by atoms with E-state index in [0.29, 0.717) is 11.3 Å². The van der Waals surface area contributed by atoms with E-state index in [9.17, 15) is 9.59 Å². The second kappa shape index (κ2) is 7.07. The molecule has 128 valence electrons. The van der Waals surface area contributed by atoms with Crippen molar-refractivity contribution in [3.8, 4) is 0 Å². The van der Waals surface area contributed by atoms with Crippen molar-refractivity contribution >= 4 is 12.0 Å². The first-order chi connectivity index (χ1) is 11.6. The third kappa shape index (κ3) is 3.45. The van der Waals surface area contributed by atoms with Gasteiger partial charge in [0.15, 0.2) is 0 Å². The number of carbonyl (C=O) groups is 2. The lowest BCUT2D eigenvalue weighted by atomic mass is 9.94. The summed E-state index contributed by atoms with van der Waals surface area (Å²) in [7, 11) is 0. The molecule has 1 aliphatic carbocycles. The topological polar surface area (TPSA) is 67.4 Å². The van der Waals surface area contributed by atoms with Crippen LogP contribution >= 0.6 is 0 Å². The van der Waals surface area contributed by atoms with Crippen LogP contribution in [0.15, 0.2) is 35.5 Å². The average molecular weight is 328 g/mol. The van der Waals surface area contributed by atoms with E-state index in [1.807, 2.05) is 24.3 Å². The first-order valence-corrected chi connectivity index (χ1v) is 8.66. The Morgan fingerprint density at radius 2 is 1.88 bits per heavy atom. The highest BCUT2D eigenvalue weighted by molar-refractivity contribution is 5.95. The smallest absolute Gasteiger partial charge is 0.338 e. The van der Waals surface area contributed by atoms with Gasteiger partial charge in [-0.1, -0.05) is 31.2 Å². The van der Waals surface area contributed by atoms with Gasteiger partial charge in [-0.15, -0.1) is 0 Å². The number of allylic oxidation sites excluding steroid dienone is 1. The van der Waals surface area contributed by atoms with Gasteiger partial charge in [-0.2, -0.15) is 0 Å². The van der Waals surface area contributed by atoms with Crippen LogP contribution in [0, 0.1) is 0 Å². The fourth-order valence-corrected chi connectivity index (χ4v) is 3.38. The normalized spacial score (nSPS) is 21.4.